The molecule has 1 aliphatic rings. The second kappa shape index (κ2) is 7.27. The minimum atomic E-state index is -3.94. The lowest BCUT2D eigenvalue weighted by Crippen LogP contribution is -2.44. The van der Waals surface area contributed by atoms with Gasteiger partial charge in [-0.1, -0.05) is 30.3 Å². The summed E-state index contributed by atoms with van der Waals surface area (Å²) in [6.07, 6.45) is 0.295. The van der Waals surface area contributed by atoms with Crippen LogP contribution in [0.25, 0.3) is 0 Å². The van der Waals surface area contributed by atoms with Crippen LogP contribution in [0.2, 0.25) is 0 Å². The van der Waals surface area contributed by atoms with E-state index in [9.17, 15) is 18.0 Å². The number of hydrogen-bond acceptors (Lipinski definition) is 6. The van der Waals surface area contributed by atoms with Gasteiger partial charge in [0.1, 0.15) is 18.8 Å². The molecule has 9 nitrogen and oxygen atoms in total. The van der Waals surface area contributed by atoms with Crippen LogP contribution >= 0.6 is 0 Å². The first kappa shape index (κ1) is 19.9. The van der Waals surface area contributed by atoms with Crippen LogP contribution in [-0.2, 0) is 26.6 Å². The lowest BCUT2D eigenvalue weighted by molar-refractivity contribution is -0.118. The lowest BCUT2D eigenvalue weighted by atomic mass is 10.1. The summed E-state index contributed by atoms with van der Waals surface area (Å²) in [6, 6.07) is 8.68. The van der Waals surface area contributed by atoms with E-state index < -0.39 is 34.6 Å². The van der Waals surface area contributed by atoms with Crippen LogP contribution in [0.4, 0.5) is 10.5 Å². The molecule has 1 aliphatic heterocycles. The number of aromatic nitrogens is 2. The number of carbonyl (C=O) groups is 2. The van der Waals surface area contributed by atoms with Crippen molar-refractivity contribution >= 4 is 27.7 Å². The van der Waals surface area contributed by atoms with E-state index in [2.05, 4.69) is 5.10 Å². The molecule has 1 aromatic heterocycles. The molecule has 28 heavy (non-hydrogen) atoms. The van der Waals surface area contributed by atoms with Gasteiger partial charge in [-0.2, -0.15) is 5.10 Å². The highest BCUT2D eigenvalue weighted by Gasteiger charge is 2.39. The number of sulfonamides is 1. The Morgan fingerprint density at radius 3 is 2.46 bits per heavy atom. The molecule has 2 amide bonds. The molecule has 0 aliphatic carbocycles. The van der Waals surface area contributed by atoms with E-state index in [4.69, 9.17) is 4.74 Å². The number of rotatable bonds is 5. The van der Waals surface area contributed by atoms with Gasteiger partial charge in [-0.15, -0.1) is 0 Å². The smallest absolute Gasteiger partial charge is 0.410 e. The number of anilines is 1. The topological polar surface area (TPSA) is 102 Å². The molecule has 1 atom stereocenters. The second-order valence-corrected chi connectivity index (χ2v) is 8.53. The highest BCUT2D eigenvalue weighted by Crippen LogP contribution is 2.30. The number of aryl methyl sites for hydroxylation is 2. The van der Waals surface area contributed by atoms with Gasteiger partial charge in [-0.25, -0.2) is 17.5 Å². The van der Waals surface area contributed by atoms with Gasteiger partial charge in [0, 0.05) is 7.05 Å². The number of carbonyl (C=O) groups excluding carboxylic acids is 2. The summed E-state index contributed by atoms with van der Waals surface area (Å²) in [6.45, 7) is 2.97. The molecule has 1 saturated heterocycles. The van der Waals surface area contributed by atoms with E-state index in [1.165, 1.54) is 9.58 Å². The number of ether oxygens (including phenoxy) is 1. The van der Waals surface area contributed by atoms with Crippen LogP contribution in [-0.4, -0.2) is 54.5 Å². The quantitative estimate of drug-likeness (QED) is 0.746. The molecular weight excluding hydrogens is 384 g/mol. The Morgan fingerprint density at radius 1 is 1.29 bits per heavy atom. The Labute approximate surface area is 163 Å². The van der Waals surface area contributed by atoms with Crippen molar-refractivity contribution in [3.8, 4) is 0 Å². The van der Waals surface area contributed by atoms with Gasteiger partial charge in [-0.3, -0.25) is 14.4 Å². The summed E-state index contributed by atoms with van der Waals surface area (Å²) in [7, 11) is -2.27. The zero-order valence-corrected chi connectivity index (χ0v) is 16.9. The highest BCUT2D eigenvalue weighted by atomic mass is 32.2. The van der Waals surface area contributed by atoms with Gasteiger partial charge >= 0.3 is 6.09 Å². The van der Waals surface area contributed by atoms with Crippen LogP contribution in [0.3, 0.4) is 0 Å². The van der Waals surface area contributed by atoms with Crippen molar-refractivity contribution in [3.63, 3.8) is 0 Å². The van der Waals surface area contributed by atoms with E-state index >= 15 is 0 Å². The molecule has 2 aromatic rings. The average molecular weight is 406 g/mol. The maximum absolute atomic E-state index is 13.0. The minimum Gasteiger partial charge on any atom is -0.447 e. The Hall–Kier alpha value is -2.88. The monoisotopic (exact) mass is 406 g/mol. The molecule has 0 saturated carbocycles. The maximum Gasteiger partial charge on any atom is 0.410 e. The first-order chi connectivity index (χ1) is 13.1. The first-order valence-corrected chi connectivity index (χ1v) is 10.5. The molecular formula is C18H22N4O5S. The van der Waals surface area contributed by atoms with Gasteiger partial charge in [0.15, 0.2) is 0 Å². The zero-order chi connectivity index (χ0) is 20.6. The second-order valence-electron chi connectivity index (χ2n) is 6.70. The number of hydrogen-bond donors (Lipinski definition) is 0. The molecule has 0 N–H and O–H groups in total. The summed E-state index contributed by atoms with van der Waals surface area (Å²) in [5.74, 6) is -0.749. The average Bonchev–Trinajstić information content (AvgIpc) is 3.09. The van der Waals surface area contributed by atoms with Gasteiger partial charge in [-0.05, 0) is 19.4 Å². The van der Waals surface area contributed by atoms with Crippen LogP contribution in [0.1, 0.15) is 23.0 Å². The van der Waals surface area contributed by atoms with Crippen molar-refractivity contribution in [1.82, 2.24) is 14.7 Å². The van der Waals surface area contributed by atoms with Crippen molar-refractivity contribution in [1.29, 1.82) is 0 Å². The molecule has 3 rings (SSSR count). The third-order valence-electron chi connectivity index (χ3n) is 4.70. The van der Waals surface area contributed by atoms with Crippen LogP contribution < -0.4 is 4.31 Å². The Bertz CT molecular complexity index is 1020. The summed E-state index contributed by atoms with van der Waals surface area (Å²) in [5, 5.41) is 4.19. The van der Waals surface area contributed by atoms with Gasteiger partial charge < -0.3 is 4.74 Å². The number of nitrogens with zero attached hydrogens (tertiary/aromatic N) is 4. The molecule has 10 heteroatoms. The van der Waals surface area contributed by atoms with Crippen LogP contribution in [0.5, 0.6) is 0 Å². The Balaban J connectivity index is 1.95. The Kier molecular flexibility index (Phi) is 5.16. The third kappa shape index (κ3) is 3.59. The van der Waals surface area contributed by atoms with Crippen LogP contribution in [0, 0.1) is 13.8 Å². The van der Waals surface area contributed by atoms with E-state index in [0.717, 1.165) is 16.1 Å². The molecule has 0 spiro atoms. The Morgan fingerprint density at radius 2 is 1.93 bits per heavy atom. The summed E-state index contributed by atoms with van der Waals surface area (Å²) < 4.78 is 32.2. The summed E-state index contributed by atoms with van der Waals surface area (Å²) in [4.78, 5) is 26.5. The number of cyclic esters (lactones) is 1. The van der Waals surface area contributed by atoms with E-state index in [-0.39, 0.29) is 12.3 Å². The first-order valence-electron chi connectivity index (χ1n) is 8.63. The fourth-order valence-electron chi connectivity index (χ4n) is 3.32. The summed E-state index contributed by atoms with van der Waals surface area (Å²) >= 11 is 0. The summed E-state index contributed by atoms with van der Waals surface area (Å²) in [5.41, 5.74) is 1.95. The number of amides is 2. The lowest BCUT2D eigenvalue weighted by Gasteiger charge is -2.26. The molecule has 1 aromatic carbocycles. The normalized spacial score (nSPS) is 16.9. The van der Waals surface area contributed by atoms with E-state index in [1.807, 2.05) is 30.3 Å². The van der Waals surface area contributed by atoms with Crippen molar-refractivity contribution in [2.24, 2.45) is 7.05 Å². The third-order valence-corrected chi connectivity index (χ3v) is 5.75. The largest absolute Gasteiger partial charge is 0.447 e. The van der Waals surface area contributed by atoms with E-state index in [1.54, 1.807) is 20.9 Å². The fraction of sp³-hybridized carbons (Fsp3) is 0.389. The molecule has 1 fully saturated rings. The predicted molar refractivity (Wildman–Crippen MR) is 102 cm³/mol. The molecule has 0 radical (unpaired) electrons. The molecule has 0 bridgehead atoms. The highest BCUT2D eigenvalue weighted by molar-refractivity contribution is 7.92. The predicted octanol–water partition coefficient (Wildman–Crippen LogP) is 1.52. The van der Waals surface area contributed by atoms with Crippen molar-refractivity contribution in [2.75, 3.05) is 23.7 Å². The molecule has 150 valence electrons. The van der Waals surface area contributed by atoms with Gasteiger partial charge in [0.05, 0.1) is 23.7 Å². The molecule has 0 unspecified atom stereocenters. The number of benzene rings is 1. The van der Waals surface area contributed by atoms with E-state index in [0.29, 0.717) is 11.4 Å². The fourth-order valence-corrected chi connectivity index (χ4v) is 4.34. The zero-order valence-electron chi connectivity index (χ0n) is 16.1. The minimum absolute atomic E-state index is 0.0972. The van der Waals surface area contributed by atoms with Crippen LogP contribution in [0.15, 0.2) is 30.3 Å². The van der Waals surface area contributed by atoms with Crippen molar-refractivity contribution < 1.29 is 22.7 Å². The SMILES string of the molecule is Cc1nn(C)c(C)c1N(C(=O)CN1C(=O)OC[C@H]1c1ccccc1)S(C)(=O)=O. The van der Waals surface area contributed by atoms with Crippen molar-refractivity contribution in [3.05, 3.63) is 47.3 Å². The standard InChI is InChI=1S/C18H22N4O5S/c1-12-17(13(2)20(3)19-12)22(28(4,25)26)16(23)10-21-15(11-27-18(21)24)14-8-6-5-7-9-14/h5-9,15H,10-11H2,1-4H3/t15-/m0/s1. The maximum atomic E-state index is 13.0. The van der Waals surface area contributed by atoms with Gasteiger partial charge in [0.2, 0.25) is 10.0 Å². The molecule has 2 heterocycles. The van der Waals surface area contributed by atoms with Gasteiger partial charge in [0.25, 0.3) is 5.91 Å². The van der Waals surface area contributed by atoms with Crippen molar-refractivity contribution in [2.45, 2.75) is 19.9 Å².